The molecular weight excluding hydrogens is 300 g/mol. The molecule has 5 heteroatoms. The number of benzene rings is 1. The van der Waals surface area contributed by atoms with Crippen molar-refractivity contribution in [2.45, 2.75) is 41.6 Å². The Morgan fingerprint density at radius 3 is 3.00 bits per heavy atom. The molecule has 1 aromatic carbocycles. The van der Waals surface area contributed by atoms with Crippen molar-refractivity contribution in [2.75, 3.05) is 6.26 Å². The van der Waals surface area contributed by atoms with Crippen LogP contribution in [0.4, 0.5) is 0 Å². The van der Waals surface area contributed by atoms with Crippen LogP contribution in [0.5, 0.6) is 0 Å². The lowest BCUT2D eigenvalue weighted by molar-refractivity contribution is 0.0931. The molecule has 4 rings (SSSR count). The van der Waals surface area contributed by atoms with Crippen molar-refractivity contribution in [3.63, 3.8) is 0 Å². The second-order valence-electron chi connectivity index (χ2n) is 5.89. The van der Waals surface area contributed by atoms with Gasteiger partial charge in [0.05, 0.1) is 4.21 Å². The molecule has 2 aliphatic rings. The fourth-order valence-corrected chi connectivity index (χ4v) is 5.12. The maximum Gasteiger partial charge on any atom is 0.251 e. The highest BCUT2D eigenvalue weighted by Crippen LogP contribution is 2.32. The minimum absolute atomic E-state index is 0.0631. The summed E-state index contributed by atoms with van der Waals surface area (Å²) < 4.78 is 2.54. The molecule has 21 heavy (non-hydrogen) atoms. The number of thioether (sulfide) groups is 1. The third-order valence-corrected chi connectivity index (χ3v) is 6.75. The number of rotatable bonds is 3. The molecule has 3 heterocycles. The SMILES string of the molecule is CSc1cc2cc(C(=O)N[C@@H]3C[C@H]4CC[C@@H]3N4)ccc2s1. The number of carbonyl (C=O) groups is 1. The zero-order valence-corrected chi connectivity index (χ0v) is 13.5. The summed E-state index contributed by atoms with van der Waals surface area (Å²) in [6, 6.07) is 9.58. The second kappa shape index (κ2) is 5.30. The summed E-state index contributed by atoms with van der Waals surface area (Å²) in [6.07, 6.45) is 5.61. The molecule has 1 amide bonds. The van der Waals surface area contributed by atoms with Gasteiger partial charge in [0.15, 0.2) is 0 Å². The van der Waals surface area contributed by atoms with Gasteiger partial charge in [0, 0.05) is 28.4 Å². The molecule has 0 saturated carbocycles. The minimum atomic E-state index is 0.0631. The molecule has 2 aromatic rings. The van der Waals surface area contributed by atoms with E-state index < -0.39 is 0 Å². The monoisotopic (exact) mass is 318 g/mol. The van der Waals surface area contributed by atoms with Crippen molar-refractivity contribution in [3.05, 3.63) is 29.8 Å². The molecule has 0 unspecified atom stereocenters. The summed E-state index contributed by atoms with van der Waals surface area (Å²) in [5, 5.41) is 7.94. The minimum Gasteiger partial charge on any atom is -0.348 e. The van der Waals surface area contributed by atoms with Crippen molar-refractivity contribution in [3.8, 4) is 0 Å². The van der Waals surface area contributed by atoms with Crippen LogP contribution in [0.2, 0.25) is 0 Å². The Morgan fingerprint density at radius 1 is 1.38 bits per heavy atom. The first-order chi connectivity index (χ1) is 10.2. The van der Waals surface area contributed by atoms with Gasteiger partial charge in [-0.25, -0.2) is 0 Å². The van der Waals surface area contributed by atoms with Crippen LogP contribution in [0.1, 0.15) is 29.6 Å². The Morgan fingerprint density at radius 2 is 2.29 bits per heavy atom. The second-order valence-corrected chi connectivity index (χ2v) is 8.08. The molecule has 2 saturated heterocycles. The van der Waals surface area contributed by atoms with Crippen LogP contribution in [-0.2, 0) is 0 Å². The quantitative estimate of drug-likeness (QED) is 0.854. The van der Waals surface area contributed by atoms with Gasteiger partial charge >= 0.3 is 0 Å². The lowest BCUT2D eigenvalue weighted by Crippen LogP contribution is -2.42. The normalized spacial score (nSPS) is 27.4. The summed E-state index contributed by atoms with van der Waals surface area (Å²) in [4.78, 5) is 12.5. The number of hydrogen-bond donors (Lipinski definition) is 2. The van der Waals surface area contributed by atoms with Crippen molar-refractivity contribution in [1.82, 2.24) is 10.6 Å². The van der Waals surface area contributed by atoms with Crippen molar-refractivity contribution >= 4 is 39.1 Å². The molecule has 2 N–H and O–H groups in total. The number of nitrogens with one attached hydrogen (secondary N) is 2. The summed E-state index contributed by atoms with van der Waals surface area (Å²) >= 11 is 3.53. The number of fused-ring (bicyclic) bond motifs is 3. The Kier molecular flexibility index (Phi) is 3.44. The molecule has 3 atom stereocenters. The molecule has 2 bridgehead atoms. The van der Waals surface area contributed by atoms with Gasteiger partial charge in [-0.1, -0.05) is 0 Å². The van der Waals surface area contributed by atoms with Gasteiger partial charge in [0.2, 0.25) is 0 Å². The molecule has 0 aliphatic carbocycles. The molecule has 110 valence electrons. The fourth-order valence-electron chi connectivity index (χ4n) is 3.50. The van der Waals surface area contributed by atoms with Gasteiger partial charge in [-0.2, -0.15) is 0 Å². The molecule has 1 aromatic heterocycles. The number of carbonyl (C=O) groups excluding carboxylic acids is 1. The van der Waals surface area contributed by atoms with Gasteiger partial charge in [0.25, 0.3) is 5.91 Å². The Bertz CT molecular complexity index is 697. The van der Waals surface area contributed by atoms with Gasteiger partial charge in [-0.05, 0) is 55.2 Å². The van der Waals surface area contributed by atoms with E-state index >= 15 is 0 Å². The van der Waals surface area contributed by atoms with Crippen molar-refractivity contribution in [1.29, 1.82) is 0 Å². The highest BCUT2D eigenvalue weighted by Gasteiger charge is 2.39. The van der Waals surface area contributed by atoms with Crippen molar-refractivity contribution < 1.29 is 4.79 Å². The first kappa shape index (κ1) is 13.6. The lowest BCUT2D eigenvalue weighted by Gasteiger charge is -2.21. The van der Waals surface area contributed by atoms with Crippen LogP contribution in [-0.4, -0.2) is 30.3 Å². The Balaban J connectivity index is 1.53. The summed E-state index contributed by atoms with van der Waals surface area (Å²) in [5.41, 5.74) is 0.774. The standard InChI is InChI=1S/C16H18N2OS2/c1-20-15-7-10-6-9(2-5-14(10)21-15)16(19)18-13-8-11-3-4-12(13)17-11/h2,5-7,11-13,17H,3-4,8H2,1H3,(H,18,19)/t11-,12+,13-/m1/s1. The molecular formula is C16H18N2OS2. The fraction of sp³-hybridized carbons (Fsp3) is 0.438. The van der Waals surface area contributed by atoms with Crippen LogP contribution in [0.25, 0.3) is 10.1 Å². The predicted octanol–water partition coefficient (Wildman–Crippen LogP) is 3.25. The summed E-state index contributed by atoms with van der Waals surface area (Å²) in [6.45, 7) is 0. The van der Waals surface area contributed by atoms with Gasteiger partial charge < -0.3 is 10.6 Å². The first-order valence-electron chi connectivity index (χ1n) is 7.37. The lowest BCUT2D eigenvalue weighted by atomic mass is 9.95. The van der Waals surface area contributed by atoms with Crippen molar-refractivity contribution in [2.24, 2.45) is 0 Å². The highest BCUT2D eigenvalue weighted by atomic mass is 32.2. The first-order valence-corrected chi connectivity index (χ1v) is 9.41. The molecule has 2 fully saturated rings. The van der Waals surface area contributed by atoms with E-state index in [-0.39, 0.29) is 5.91 Å². The molecule has 3 nitrogen and oxygen atoms in total. The zero-order valence-electron chi connectivity index (χ0n) is 11.9. The van der Waals surface area contributed by atoms with Crippen LogP contribution < -0.4 is 10.6 Å². The van der Waals surface area contributed by atoms with Gasteiger partial charge in [-0.3, -0.25) is 4.79 Å². The Hall–Kier alpha value is -1.04. The van der Waals surface area contributed by atoms with Crippen LogP contribution in [0.15, 0.2) is 28.5 Å². The van der Waals surface area contributed by atoms with Gasteiger partial charge in [-0.15, -0.1) is 23.1 Å². The molecule has 0 radical (unpaired) electrons. The average molecular weight is 318 g/mol. The van der Waals surface area contributed by atoms with E-state index in [0.717, 1.165) is 12.0 Å². The maximum absolute atomic E-state index is 12.5. The van der Waals surface area contributed by atoms with E-state index in [1.165, 1.54) is 27.1 Å². The largest absolute Gasteiger partial charge is 0.348 e. The topological polar surface area (TPSA) is 41.1 Å². The van der Waals surface area contributed by atoms with E-state index in [2.05, 4.69) is 29.0 Å². The van der Waals surface area contributed by atoms with Crippen LogP contribution >= 0.6 is 23.1 Å². The van der Waals surface area contributed by atoms with Crippen LogP contribution in [0, 0.1) is 0 Å². The zero-order chi connectivity index (χ0) is 14.4. The third kappa shape index (κ3) is 2.47. The molecule has 2 aliphatic heterocycles. The van der Waals surface area contributed by atoms with Gasteiger partial charge in [0.1, 0.15) is 0 Å². The number of hydrogen-bond acceptors (Lipinski definition) is 4. The van der Waals surface area contributed by atoms with Crippen LogP contribution in [0.3, 0.4) is 0 Å². The van der Waals surface area contributed by atoms with E-state index in [9.17, 15) is 4.79 Å². The van der Waals surface area contributed by atoms with E-state index in [1.807, 2.05) is 12.1 Å². The maximum atomic E-state index is 12.5. The molecule has 0 spiro atoms. The van der Waals surface area contributed by atoms with E-state index in [4.69, 9.17) is 0 Å². The Labute approximate surface area is 132 Å². The van der Waals surface area contributed by atoms with E-state index in [0.29, 0.717) is 18.1 Å². The highest BCUT2D eigenvalue weighted by molar-refractivity contribution is 8.00. The third-order valence-electron chi connectivity index (χ3n) is 4.57. The number of amides is 1. The summed E-state index contributed by atoms with van der Waals surface area (Å²) in [5.74, 6) is 0.0631. The van der Waals surface area contributed by atoms with E-state index in [1.54, 1.807) is 23.1 Å². The average Bonchev–Trinajstić information content (AvgIpc) is 3.20. The smallest absolute Gasteiger partial charge is 0.251 e. The predicted molar refractivity (Wildman–Crippen MR) is 89.4 cm³/mol. The number of thiophene rings is 1. The summed E-state index contributed by atoms with van der Waals surface area (Å²) in [7, 11) is 0.